The summed E-state index contributed by atoms with van der Waals surface area (Å²) in [6, 6.07) is 8.29. The first kappa shape index (κ1) is 15.9. The second-order valence-electron chi connectivity index (χ2n) is 5.05. The van der Waals surface area contributed by atoms with Gasteiger partial charge in [-0.15, -0.1) is 0 Å². The molecule has 0 spiro atoms. The highest BCUT2D eigenvalue weighted by Gasteiger charge is 2.27. The smallest absolute Gasteiger partial charge is 0.260 e. The third-order valence-electron chi connectivity index (χ3n) is 2.78. The second kappa shape index (κ2) is 6.85. The van der Waals surface area contributed by atoms with Crippen LogP contribution in [0.2, 0.25) is 0 Å². The van der Waals surface area contributed by atoms with E-state index in [0.717, 1.165) is 0 Å². The molecule has 1 unspecified atom stereocenters. The number of carbonyl (C=O) groups excluding carboxylic acids is 1. The molecule has 19 heavy (non-hydrogen) atoms. The topological polar surface area (TPSA) is 78.4 Å². The lowest BCUT2D eigenvalue weighted by atomic mass is 10.0. The van der Waals surface area contributed by atoms with Crippen LogP contribution in [0.3, 0.4) is 0 Å². The van der Waals surface area contributed by atoms with Crippen molar-refractivity contribution < 1.29 is 14.6 Å². The second-order valence-corrected chi connectivity index (χ2v) is 7.67. The molecule has 0 aliphatic carbocycles. The Morgan fingerprint density at radius 2 is 1.89 bits per heavy atom. The molecule has 0 saturated carbocycles. The first-order chi connectivity index (χ1) is 8.86. The van der Waals surface area contributed by atoms with E-state index in [0.29, 0.717) is 11.7 Å². The maximum absolute atomic E-state index is 12.7. The molecule has 5 nitrogen and oxygen atoms in total. The van der Waals surface area contributed by atoms with E-state index in [9.17, 15) is 9.36 Å². The van der Waals surface area contributed by atoms with Gasteiger partial charge in [-0.25, -0.2) is 5.48 Å². The zero-order chi connectivity index (χ0) is 14.5. The standard InChI is InChI=1S/C13H21N2O3P/c1-10(2)9-12(13(16)14-17)15-19(3,18)11-7-5-4-6-8-11/h4-8,10,12,17H,9H2,1-3H3,(H,14,16)(H,15,18)/t12-,19?/m0/s1. The van der Waals surface area contributed by atoms with Crippen molar-refractivity contribution in [1.82, 2.24) is 10.6 Å². The van der Waals surface area contributed by atoms with Gasteiger partial charge in [0.05, 0.1) is 6.04 Å². The summed E-state index contributed by atoms with van der Waals surface area (Å²) in [5.41, 5.74) is 1.62. The van der Waals surface area contributed by atoms with Gasteiger partial charge in [-0.1, -0.05) is 44.2 Å². The number of benzene rings is 1. The number of rotatable bonds is 6. The van der Waals surface area contributed by atoms with Gasteiger partial charge in [0.2, 0.25) is 0 Å². The summed E-state index contributed by atoms with van der Waals surface area (Å²) in [6.07, 6.45) is 0.497. The molecule has 0 bridgehead atoms. The van der Waals surface area contributed by atoms with Gasteiger partial charge in [-0.3, -0.25) is 15.1 Å². The Kier molecular flexibility index (Phi) is 5.73. The molecule has 2 atom stereocenters. The summed E-state index contributed by atoms with van der Waals surface area (Å²) in [6.45, 7) is 5.51. The van der Waals surface area contributed by atoms with Gasteiger partial charge in [-0.05, 0) is 12.3 Å². The molecule has 1 rings (SSSR count). The zero-order valence-corrected chi connectivity index (χ0v) is 12.4. The monoisotopic (exact) mass is 284 g/mol. The minimum absolute atomic E-state index is 0.241. The molecular weight excluding hydrogens is 263 g/mol. The Morgan fingerprint density at radius 1 is 1.32 bits per heavy atom. The number of amides is 1. The predicted molar refractivity (Wildman–Crippen MR) is 75.9 cm³/mol. The normalized spacial score (nSPS) is 15.8. The molecule has 106 valence electrons. The van der Waals surface area contributed by atoms with Crippen molar-refractivity contribution in [3.8, 4) is 0 Å². The average Bonchev–Trinajstić information content (AvgIpc) is 2.37. The molecule has 0 fully saturated rings. The third-order valence-corrected chi connectivity index (χ3v) is 4.87. The fourth-order valence-electron chi connectivity index (χ4n) is 1.85. The molecule has 0 aliphatic heterocycles. The van der Waals surface area contributed by atoms with Crippen LogP contribution in [-0.4, -0.2) is 23.8 Å². The molecule has 0 aliphatic rings. The molecule has 1 amide bonds. The van der Waals surface area contributed by atoms with Gasteiger partial charge < -0.3 is 4.57 Å². The highest BCUT2D eigenvalue weighted by atomic mass is 31.2. The van der Waals surface area contributed by atoms with E-state index in [4.69, 9.17) is 5.21 Å². The lowest BCUT2D eigenvalue weighted by Gasteiger charge is -2.23. The van der Waals surface area contributed by atoms with Gasteiger partial charge >= 0.3 is 0 Å². The largest absolute Gasteiger partial charge is 0.302 e. The highest BCUT2D eigenvalue weighted by molar-refractivity contribution is 7.69. The van der Waals surface area contributed by atoms with Crippen molar-refractivity contribution in [3.63, 3.8) is 0 Å². The maximum atomic E-state index is 12.7. The molecular formula is C13H21N2O3P. The number of carbonyl (C=O) groups is 1. The van der Waals surface area contributed by atoms with E-state index < -0.39 is 19.2 Å². The van der Waals surface area contributed by atoms with Crippen LogP contribution in [0.1, 0.15) is 20.3 Å². The molecule has 6 heteroatoms. The summed E-state index contributed by atoms with van der Waals surface area (Å²) in [4.78, 5) is 11.6. The van der Waals surface area contributed by atoms with Crippen LogP contribution in [0.4, 0.5) is 0 Å². The van der Waals surface area contributed by atoms with E-state index in [1.807, 2.05) is 19.9 Å². The van der Waals surface area contributed by atoms with Gasteiger partial charge in [0, 0.05) is 12.0 Å². The summed E-state index contributed by atoms with van der Waals surface area (Å²) < 4.78 is 12.7. The van der Waals surface area contributed by atoms with E-state index in [-0.39, 0.29) is 5.92 Å². The van der Waals surface area contributed by atoms with Crippen LogP contribution in [0.5, 0.6) is 0 Å². The van der Waals surface area contributed by atoms with E-state index >= 15 is 0 Å². The Balaban J connectivity index is 2.89. The minimum atomic E-state index is -2.85. The summed E-state index contributed by atoms with van der Waals surface area (Å²) >= 11 is 0. The first-order valence-electron chi connectivity index (χ1n) is 6.21. The zero-order valence-electron chi connectivity index (χ0n) is 11.5. The lowest BCUT2D eigenvalue weighted by Crippen LogP contribution is -2.43. The van der Waals surface area contributed by atoms with E-state index in [1.54, 1.807) is 36.4 Å². The Bertz CT molecular complexity index is 462. The summed E-state index contributed by atoms with van der Waals surface area (Å²) in [5, 5.41) is 12.3. The highest BCUT2D eigenvalue weighted by Crippen LogP contribution is 2.36. The Labute approximate surface area is 113 Å². The molecule has 0 aromatic heterocycles. The molecule has 0 radical (unpaired) electrons. The number of hydrogen-bond donors (Lipinski definition) is 3. The molecule has 0 heterocycles. The Morgan fingerprint density at radius 3 is 2.37 bits per heavy atom. The summed E-state index contributed by atoms with van der Waals surface area (Å²) in [7, 11) is -2.85. The van der Waals surface area contributed by atoms with Gasteiger partial charge in [-0.2, -0.15) is 0 Å². The van der Waals surface area contributed by atoms with Crippen LogP contribution in [-0.2, 0) is 9.36 Å². The Hall–Kier alpha value is -1.16. The third kappa shape index (κ3) is 4.78. The fraction of sp³-hybridized carbons (Fsp3) is 0.462. The quantitative estimate of drug-likeness (QED) is 0.422. The predicted octanol–water partition coefficient (Wildman–Crippen LogP) is 1.73. The SMILES string of the molecule is CC(C)C[C@H](NP(C)(=O)c1ccccc1)C(=O)NO. The minimum Gasteiger partial charge on any atom is -0.302 e. The lowest BCUT2D eigenvalue weighted by molar-refractivity contribution is -0.131. The van der Waals surface area contributed by atoms with Crippen LogP contribution < -0.4 is 15.9 Å². The van der Waals surface area contributed by atoms with Crippen molar-refractivity contribution >= 4 is 18.5 Å². The van der Waals surface area contributed by atoms with Crippen molar-refractivity contribution in [1.29, 1.82) is 0 Å². The first-order valence-corrected chi connectivity index (χ1v) is 8.37. The summed E-state index contributed by atoms with van der Waals surface area (Å²) in [5.74, 6) is -0.322. The maximum Gasteiger partial charge on any atom is 0.260 e. The molecule has 1 aromatic carbocycles. The molecule has 1 aromatic rings. The van der Waals surface area contributed by atoms with Gasteiger partial charge in [0.1, 0.15) is 0 Å². The molecule has 0 saturated heterocycles. The average molecular weight is 284 g/mol. The van der Waals surface area contributed by atoms with Crippen molar-refractivity contribution in [2.75, 3.05) is 6.66 Å². The van der Waals surface area contributed by atoms with Crippen molar-refractivity contribution in [3.05, 3.63) is 30.3 Å². The number of hydrogen-bond acceptors (Lipinski definition) is 3. The van der Waals surface area contributed by atoms with Crippen LogP contribution in [0.25, 0.3) is 0 Å². The van der Waals surface area contributed by atoms with Gasteiger partial charge in [0.15, 0.2) is 7.29 Å². The van der Waals surface area contributed by atoms with E-state index in [2.05, 4.69) is 5.09 Å². The van der Waals surface area contributed by atoms with Crippen molar-refractivity contribution in [2.24, 2.45) is 5.92 Å². The number of hydroxylamine groups is 1. The van der Waals surface area contributed by atoms with E-state index in [1.165, 1.54) is 0 Å². The van der Waals surface area contributed by atoms with Crippen LogP contribution in [0, 0.1) is 5.92 Å². The number of nitrogens with one attached hydrogen (secondary N) is 2. The van der Waals surface area contributed by atoms with Crippen LogP contribution >= 0.6 is 7.29 Å². The fourth-order valence-corrected chi connectivity index (χ4v) is 3.56. The van der Waals surface area contributed by atoms with Crippen molar-refractivity contribution in [2.45, 2.75) is 26.3 Å². The van der Waals surface area contributed by atoms with Gasteiger partial charge in [0.25, 0.3) is 5.91 Å². The molecule has 3 N–H and O–H groups in total. The van der Waals surface area contributed by atoms with Crippen LogP contribution in [0.15, 0.2) is 30.3 Å².